The minimum absolute atomic E-state index is 0.178. The van der Waals surface area contributed by atoms with E-state index in [4.69, 9.17) is 9.47 Å². The molecule has 0 saturated carbocycles. The maximum atomic E-state index is 5.71. The summed E-state index contributed by atoms with van der Waals surface area (Å²) in [6.07, 6.45) is 3.93. The van der Waals surface area contributed by atoms with Crippen LogP contribution >= 0.6 is 0 Å². The molecule has 0 saturated heterocycles. The lowest BCUT2D eigenvalue weighted by Gasteiger charge is -2.25. The van der Waals surface area contributed by atoms with Crippen LogP contribution in [0.5, 0.6) is 5.75 Å². The third-order valence-corrected chi connectivity index (χ3v) is 2.77. The Morgan fingerprint density at radius 2 is 2.47 bits per heavy atom. The number of ether oxygens (including phenoxy) is 2. The number of rotatable bonds is 3. The van der Waals surface area contributed by atoms with Crippen molar-refractivity contribution in [2.45, 2.75) is 18.9 Å². The van der Waals surface area contributed by atoms with E-state index in [2.05, 4.69) is 18.7 Å². The highest BCUT2D eigenvalue weighted by Gasteiger charge is 2.19. The average molecular weight is 204 g/mol. The zero-order valence-electron chi connectivity index (χ0n) is 9.03. The first kappa shape index (κ1) is 10.2. The SMILES string of the molecule is C=CCC1OCCc2cc(OC)ccc21. The van der Waals surface area contributed by atoms with Crippen molar-refractivity contribution >= 4 is 0 Å². The lowest BCUT2D eigenvalue weighted by atomic mass is 9.95. The highest BCUT2D eigenvalue weighted by Crippen LogP contribution is 2.31. The van der Waals surface area contributed by atoms with Gasteiger partial charge < -0.3 is 9.47 Å². The summed E-state index contributed by atoms with van der Waals surface area (Å²) in [5, 5.41) is 0. The van der Waals surface area contributed by atoms with Gasteiger partial charge >= 0.3 is 0 Å². The van der Waals surface area contributed by atoms with E-state index in [1.54, 1.807) is 7.11 Å². The molecule has 0 spiro atoms. The summed E-state index contributed by atoms with van der Waals surface area (Å²) in [5.41, 5.74) is 2.62. The van der Waals surface area contributed by atoms with E-state index in [0.717, 1.165) is 25.2 Å². The van der Waals surface area contributed by atoms with Crippen LogP contribution in [0.1, 0.15) is 23.7 Å². The van der Waals surface area contributed by atoms with Gasteiger partial charge in [-0.3, -0.25) is 0 Å². The molecule has 0 amide bonds. The van der Waals surface area contributed by atoms with Crippen molar-refractivity contribution in [3.8, 4) is 5.75 Å². The van der Waals surface area contributed by atoms with Crippen LogP contribution in [0.15, 0.2) is 30.9 Å². The van der Waals surface area contributed by atoms with Gasteiger partial charge in [0.2, 0.25) is 0 Å². The molecular weight excluding hydrogens is 188 g/mol. The molecule has 1 atom stereocenters. The van der Waals surface area contributed by atoms with Gasteiger partial charge in [-0.25, -0.2) is 0 Å². The molecule has 1 aliphatic rings. The van der Waals surface area contributed by atoms with Gasteiger partial charge in [-0.2, -0.15) is 0 Å². The summed E-state index contributed by atoms with van der Waals surface area (Å²) in [6.45, 7) is 4.55. The zero-order chi connectivity index (χ0) is 10.7. The molecule has 80 valence electrons. The number of hydrogen-bond acceptors (Lipinski definition) is 2. The van der Waals surface area contributed by atoms with E-state index in [1.165, 1.54) is 11.1 Å². The summed E-state index contributed by atoms with van der Waals surface area (Å²) < 4.78 is 10.9. The molecule has 1 unspecified atom stereocenters. The second-order valence-electron chi connectivity index (χ2n) is 3.70. The van der Waals surface area contributed by atoms with Gasteiger partial charge in [0.1, 0.15) is 5.75 Å². The maximum Gasteiger partial charge on any atom is 0.119 e. The average Bonchev–Trinajstić information content (AvgIpc) is 2.29. The van der Waals surface area contributed by atoms with Gasteiger partial charge in [0.25, 0.3) is 0 Å². The highest BCUT2D eigenvalue weighted by molar-refractivity contribution is 5.38. The van der Waals surface area contributed by atoms with Gasteiger partial charge in [0, 0.05) is 0 Å². The Kier molecular flexibility index (Phi) is 3.07. The zero-order valence-corrected chi connectivity index (χ0v) is 9.03. The van der Waals surface area contributed by atoms with E-state index in [1.807, 2.05) is 12.1 Å². The molecule has 0 radical (unpaired) electrons. The highest BCUT2D eigenvalue weighted by atomic mass is 16.5. The van der Waals surface area contributed by atoms with Crippen LogP contribution < -0.4 is 4.74 Å². The van der Waals surface area contributed by atoms with Crippen LogP contribution in [0.25, 0.3) is 0 Å². The molecule has 1 aromatic carbocycles. The third-order valence-electron chi connectivity index (χ3n) is 2.77. The molecule has 0 N–H and O–H groups in total. The molecule has 0 fully saturated rings. The second-order valence-corrected chi connectivity index (χ2v) is 3.70. The van der Waals surface area contributed by atoms with Crippen molar-refractivity contribution in [2.24, 2.45) is 0 Å². The van der Waals surface area contributed by atoms with Crippen molar-refractivity contribution in [1.82, 2.24) is 0 Å². The minimum atomic E-state index is 0.178. The molecule has 0 aromatic heterocycles. The Bertz CT molecular complexity index is 358. The fourth-order valence-electron chi connectivity index (χ4n) is 1.99. The number of methoxy groups -OCH3 is 1. The lowest BCUT2D eigenvalue weighted by molar-refractivity contribution is 0.0445. The summed E-state index contributed by atoms with van der Waals surface area (Å²) in [6, 6.07) is 6.19. The van der Waals surface area contributed by atoms with E-state index >= 15 is 0 Å². The maximum absolute atomic E-state index is 5.71. The van der Waals surface area contributed by atoms with E-state index < -0.39 is 0 Å². The van der Waals surface area contributed by atoms with Crippen molar-refractivity contribution in [1.29, 1.82) is 0 Å². The molecule has 2 heteroatoms. The van der Waals surface area contributed by atoms with Crippen molar-refractivity contribution in [3.63, 3.8) is 0 Å². The molecule has 1 heterocycles. The van der Waals surface area contributed by atoms with Gasteiger partial charge in [-0.05, 0) is 36.1 Å². The predicted octanol–water partition coefficient (Wildman–Crippen LogP) is 2.89. The fraction of sp³-hybridized carbons (Fsp3) is 0.385. The summed E-state index contributed by atoms with van der Waals surface area (Å²) >= 11 is 0. The molecule has 1 aliphatic heterocycles. The lowest BCUT2D eigenvalue weighted by Crippen LogP contribution is -2.15. The number of benzene rings is 1. The van der Waals surface area contributed by atoms with Crippen molar-refractivity contribution in [2.75, 3.05) is 13.7 Å². The van der Waals surface area contributed by atoms with E-state index in [9.17, 15) is 0 Å². The summed E-state index contributed by atoms with van der Waals surface area (Å²) in [4.78, 5) is 0. The molecule has 2 nitrogen and oxygen atoms in total. The molecule has 0 bridgehead atoms. The summed E-state index contributed by atoms with van der Waals surface area (Å²) in [7, 11) is 1.70. The normalized spacial score (nSPS) is 19.4. The molecule has 15 heavy (non-hydrogen) atoms. The first-order valence-electron chi connectivity index (χ1n) is 5.24. The monoisotopic (exact) mass is 204 g/mol. The van der Waals surface area contributed by atoms with Crippen LogP contribution in [0, 0.1) is 0 Å². The Morgan fingerprint density at radius 1 is 1.60 bits per heavy atom. The standard InChI is InChI=1S/C13H16O2/c1-3-4-13-12-6-5-11(14-2)9-10(12)7-8-15-13/h3,5-6,9,13H,1,4,7-8H2,2H3. The Labute approximate surface area is 90.5 Å². The van der Waals surface area contributed by atoms with Crippen LogP contribution in [0.4, 0.5) is 0 Å². The Balaban J connectivity index is 2.31. The van der Waals surface area contributed by atoms with Gasteiger partial charge in [0.15, 0.2) is 0 Å². The van der Waals surface area contributed by atoms with E-state index in [-0.39, 0.29) is 6.10 Å². The van der Waals surface area contributed by atoms with Gasteiger partial charge in [-0.1, -0.05) is 12.1 Å². The quantitative estimate of drug-likeness (QED) is 0.705. The van der Waals surface area contributed by atoms with Crippen LogP contribution in [-0.4, -0.2) is 13.7 Å². The van der Waals surface area contributed by atoms with Gasteiger partial charge in [0.05, 0.1) is 19.8 Å². The molecule has 1 aromatic rings. The van der Waals surface area contributed by atoms with Crippen LogP contribution in [0.2, 0.25) is 0 Å². The minimum Gasteiger partial charge on any atom is -0.497 e. The Morgan fingerprint density at radius 3 is 3.20 bits per heavy atom. The second kappa shape index (κ2) is 4.49. The van der Waals surface area contributed by atoms with E-state index in [0.29, 0.717) is 0 Å². The largest absolute Gasteiger partial charge is 0.497 e. The first-order valence-corrected chi connectivity index (χ1v) is 5.24. The molecule has 2 rings (SSSR count). The molecular formula is C13H16O2. The fourth-order valence-corrected chi connectivity index (χ4v) is 1.99. The predicted molar refractivity (Wildman–Crippen MR) is 60.2 cm³/mol. The van der Waals surface area contributed by atoms with Crippen LogP contribution in [-0.2, 0) is 11.2 Å². The van der Waals surface area contributed by atoms with Crippen molar-refractivity contribution in [3.05, 3.63) is 42.0 Å². The topological polar surface area (TPSA) is 18.5 Å². The smallest absolute Gasteiger partial charge is 0.119 e. The first-order chi connectivity index (χ1) is 7.35. The third kappa shape index (κ3) is 2.05. The van der Waals surface area contributed by atoms with Crippen molar-refractivity contribution < 1.29 is 9.47 Å². The summed E-state index contributed by atoms with van der Waals surface area (Å²) in [5.74, 6) is 0.924. The number of hydrogen-bond donors (Lipinski definition) is 0. The molecule has 0 aliphatic carbocycles. The van der Waals surface area contributed by atoms with Crippen LogP contribution in [0.3, 0.4) is 0 Å². The number of fused-ring (bicyclic) bond motifs is 1. The Hall–Kier alpha value is -1.28. The van der Waals surface area contributed by atoms with Gasteiger partial charge in [-0.15, -0.1) is 6.58 Å².